The monoisotopic (exact) mass is 513 g/mol. The third kappa shape index (κ3) is 4.64. The van der Waals surface area contributed by atoms with Gasteiger partial charge in [0.15, 0.2) is 17.0 Å². The molecule has 0 spiro atoms. The van der Waals surface area contributed by atoms with E-state index < -0.39 is 0 Å². The van der Waals surface area contributed by atoms with Gasteiger partial charge in [0, 0.05) is 49.9 Å². The topological polar surface area (TPSA) is 81.3 Å². The summed E-state index contributed by atoms with van der Waals surface area (Å²) in [4.78, 5) is 22.3. The average molecular weight is 514 g/mol. The predicted molar refractivity (Wildman–Crippen MR) is 142 cm³/mol. The number of hydrogen-bond acceptors (Lipinski definition) is 7. The van der Waals surface area contributed by atoms with Crippen LogP contribution in [-0.4, -0.2) is 67.3 Å². The molecule has 0 bridgehead atoms. The average Bonchev–Trinajstić information content (AvgIpc) is 3.54. The number of aryl methyl sites for hydroxylation is 1. The largest absolute Gasteiger partial charge is 0.376 e. The van der Waals surface area contributed by atoms with Crippen LogP contribution in [0.15, 0.2) is 29.1 Å². The number of hydrogen-bond donors (Lipinski definition) is 0. The van der Waals surface area contributed by atoms with Gasteiger partial charge in [-0.3, -0.25) is 9.47 Å². The second kappa shape index (κ2) is 10.5. The van der Waals surface area contributed by atoms with Crippen molar-refractivity contribution in [2.75, 3.05) is 24.6 Å². The Bertz CT molecular complexity index is 1250. The quantitative estimate of drug-likeness (QED) is 0.475. The molecule has 2 aromatic heterocycles. The lowest BCUT2D eigenvalue weighted by Crippen LogP contribution is -2.58. The lowest BCUT2D eigenvalue weighted by molar-refractivity contribution is 0.0939. The fraction of sp³-hybridized carbons (Fsp3) is 0.615. The van der Waals surface area contributed by atoms with Crippen molar-refractivity contribution in [1.82, 2.24) is 29.4 Å². The number of rotatable bonds is 7. The van der Waals surface area contributed by atoms with E-state index in [4.69, 9.17) is 16.3 Å². The zero-order chi connectivity index (χ0) is 25.4. The minimum atomic E-state index is -0.288. The Morgan fingerprint density at radius 2 is 1.97 bits per heavy atom. The highest BCUT2D eigenvalue weighted by Gasteiger charge is 2.37. The van der Waals surface area contributed by atoms with Gasteiger partial charge in [-0.05, 0) is 50.3 Å². The van der Waals surface area contributed by atoms with Gasteiger partial charge in [0.25, 0.3) is 0 Å². The van der Waals surface area contributed by atoms with Crippen molar-refractivity contribution in [3.05, 3.63) is 45.3 Å². The maximum Gasteiger partial charge on any atom is 0.351 e. The van der Waals surface area contributed by atoms with E-state index in [1.54, 1.807) is 11.6 Å². The molecule has 4 heterocycles. The highest BCUT2D eigenvalue weighted by atomic mass is 35.5. The molecule has 2 aliphatic heterocycles. The minimum Gasteiger partial charge on any atom is -0.376 e. The lowest BCUT2D eigenvalue weighted by Gasteiger charge is -2.48. The molecule has 1 aromatic carbocycles. The van der Waals surface area contributed by atoms with Crippen molar-refractivity contribution in [1.29, 1.82) is 0 Å². The van der Waals surface area contributed by atoms with Gasteiger partial charge in [-0.15, -0.1) is 5.10 Å². The van der Waals surface area contributed by atoms with Crippen LogP contribution in [0.5, 0.6) is 0 Å². The Morgan fingerprint density at radius 3 is 2.64 bits per heavy atom. The molecule has 10 heteroatoms. The van der Waals surface area contributed by atoms with Crippen LogP contribution < -0.4 is 10.6 Å². The zero-order valence-corrected chi connectivity index (χ0v) is 22.4. The smallest absolute Gasteiger partial charge is 0.351 e. The maximum atomic E-state index is 13.0. The van der Waals surface area contributed by atoms with Crippen LogP contribution in [0.4, 0.5) is 5.82 Å². The summed E-state index contributed by atoms with van der Waals surface area (Å²) >= 11 is 6.16. The molecule has 3 aromatic rings. The van der Waals surface area contributed by atoms with Crippen LogP contribution in [0.25, 0.3) is 11.2 Å². The van der Waals surface area contributed by atoms with Gasteiger partial charge in [-0.25, -0.2) is 9.48 Å². The van der Waals surface area contributed by atoms with Crippen LogP contribution in [0, 0.1) is 0 Å². The summed E-state index contributed by atoms with van der Waals surface area (Å²) in [6.45, 7) is 9.67. The van der Waals surface area contributed by atoms with Crippen LogP contribution in [0.1, 0.15) is 58.1 Å². The molecule has 0 aliphatic carbocycles. The number of nitrogens with zero attached hydrogens (tertiary/aromatic N) is 7. The van der Waals surface area contributed by atoms with E-state index in [1.165, 1.54) is 5.56 Å². The Kier molecular flexibility index (Phi) is 7.32. The first-order valence-corrected chi connectivity index (χ1v) is 13.5. The van der Waals surface area contributed by atoms with Crippen LogP contribution in [0.2, 0.25) is 5.02 Å². The predicted octanol–water partition coefficient (Wildman–Crippen LogP) is 3.80. The molecule has 0 saturated carbocycles. The molecule has 0 unspecified atom stereocenters. The van der Waals surface area contributed by atoms with E-state index in [0.29, 0.717) is 35.6 Å². The number of benzene rings is 1. The molecule has 9 nitrogen and oxygen atoms in total. The van der Waals surface area contributed by atoms with E-state index in [9.17, 15) is 4.79 Å². The van der Waals surface area contributed by atoms with Crippen LogP contribution >= 0.6 is 11.6 Å². The number of anilines is 1. The van der Waals surface area contributed by atoms with Crippen molar-refractivity contribution in [2.24, 2.45) is 7.05 Å². The summed E-state index contributed by atoms with van der Waals surface area (Å²) < 4.78 is 9.17. The zero-order valence-electron chi connectivity index (χ0n) is 21.6. The summed E-state index contributed by atoms with van der Waals surface area (Å²) in [7, 11) is 1.74. The first-order chi connectivity index (χ1) is 17.4. The Balaban J connectivity index is 1.47. The van der Waals surface area contributed by atoms with Crippen molar-refractivity contribution in [3.63, 3.8) is 0 Å². The highest BCUT2D eigenvalue weighted by Crippen LogP contribution is 2.34. The van der Waals surface area contributed by atoms with Crippen molar-refractivity contribution >= 4 is 28.6 Å². The van der Waals surface area contributed by atoms with Crippen LogP contribution in [-0.2, 0) is 18.3 Å². The third-order valence-electron chi connectivity index (χ3n) is 7.80. The molecular weight excluding hydrogens is 478 g/mol. The normalized spacial score (nSPS) is 24.0. The molecule has 2 saturated heterocycles. The molecule has 36 heavy (non-hydrogen) atoms. The van der Waals surface area contributed by atoms with Gasteiger partial charge < -0.3 is 9.64 Å². The summed E-state index contributed by atoms with van der Waals surface area (Å²) in [5, 5.41) is 9.70. The standard InChI is InChI=1S/C26H36ClN7O2/c1-5-20-15-32(17(3)14-33(20)22(6-2)18-9-11-19(27)12-10-18)24-23-25(31(4)26(35)28-24)34(30-29-23)16-21-8-7-13-36-21/h9-12,17,20-22H,5-8,13-16H2,1-4H3/t17-,20+,21-,22+/m0/s1. The SMILES string of the molecule is CC[C@@H]1CN(c2nc(=O)n(C)c3c2nnn3C[C@@H]2CCCO2)[C@@H](C)CN1[C@H](CC)c1ccc(Cl)cc1. The molecule has 194 valence electrons. The number of fused-ring (bicyclic) bond motifs is 1. The number of piperazine rings is 1. The Labute approximate surface area is 217 Å². The second-order valence-corrected chi connectivity index (χ2v) is 10.5. The fourth-order valence-electron chi connectivity index (χ4n) is 5.85. The fourth-order valence-corrected chi connectivity index (χ4v) is 5.98. The Morgan fingerprint density at radius 1 is 1.19 bits per heavy atom. The van der Waals surface area contributed by atoms with E-state index >= 15 is 0 Å². The molecule has 5 rings (SSSR count). The van der Waals surface area contributed by atoms with Crippen molar-refractivity contribution in [2.45, 2.75) is 77.2 Å². The molecule has 0 amide bonds. The summed E-state index contributed by atoms with van der Waals surface area (Å²) in [5.41, 5.74) is 2.38. The molecule has 2 fully saturated rings. The van der Waals surface area contributed by atoms with E-state index in [1.807, 2.05) is 16.8 Å². The Hall–Kier alpha value is -2.49. The highest BCUT2D eigenvalue weighted by molar-refractivity contribution is 6.30. The lowest BCUT2D eigenvalue weighted by atomic mass is 9.96. The van der Waals surface area contributed by atoms with Gasteiger partial charge in [-0.2, -0.15) is 4.98 Å². The second-order valence-electron chi connectivity index (χ2n) is 10.1. The number of aromatic nitrogens is 5. The van der Waals surface area contributed by atoms with E-state index in [0.717, 1.165) is 50.4 Å². The molecule has 2 aliphatic rings. The molecule has 0 radical (unpaired) electrons. The summed E-state index contributed by atoms with van der Waals surface area (Å²) in [6.07, 6.45) is 4.16. The first-order valence-electron chi connectivity index (χ1n) is 13.1. The van der Waals surface area contributed by atoms with Gasteiger partial charge in [0.1, 0.15) is 0 Å². The molecule has 4 atom stereocenters. The van der Waals surface area contributed by atoms with E-state index in [-0.39, 0.29) is 17.8 Å². The van der Waals surface area contributed by atoms with Gasteiger partial charge >= 0.3 is 5.69 Å². The van der Waals surface area contributed by atoms with E-state index in [2.05, 4.69) is 58.0 Å². The van der Waals surface area contributed by atoms with Crippen molar-refractivity contribution < 1.29 is 4.74 Å². The number of ether oxygens (including phenoxy) is 1. The third-order valence-corrected chi connectivity index (χ3v) is 8.05. The van der Waals surface area contributed by atoms with Gasteiger partial charge in [0.05, 0.1) is 12.6 Å². The van der Waals surface area contributed by atoms with Crippen molar-refractivity contribution in [3.8, 4) is 0 Å². The van der Waals surface area contributed by atoms with Crippen LogP contribution in [0.3, 0.4) is 0 Å². The molecule has 0 N–H and O–H groups in total. The number of halogens is 1. The first kappa shape index (κ1) is 25.2. The summed E-state index contributed by atoms with van der Waals surface area (Å²) in [6, 6.07) is 8.99. The summed E-state index contributed by atoms with van der Waals surface area (Å²) in [5.74, 6) is 0.636. The molecular formula is C26H36ClN7O2. The van der Waals surface area contributed by atoms with Gasteiger partial charge in [-0.1, -0.05) is 42.8 Å². The van der Waals surface area contributed by atoms with Gasteiger partial charge in [0.2, 0.25) is 0 Å². The maximum absolute atomic E-state index is 13.0. The minimum absolute atomic E-state index is 0.104.